The van der Waals surface area contributed by atoms with Crippen LogP contribution in [0.5, 0.6) is 0 Å². The zero-order valence-corrected chi connectivity index (χ0v) is 7.86. The molecule has 13 heavy (non-hydrogen) atoms. The lowest BCUT2D eigenvalue weighted by Gasteiger charge is -2.27. The predicted octanol–water partition coefficient (Wildman–Crippen LogP) is 2.10. The summed E-state index contributed by atoms with van der Waals surface area (Å²) in [5.41, 5.74) is 1.32. The lowest BCUT2D eigenvalue weighted by Crippen LogP contribution is -2.35. The van der Waals surface area contributed by atoms with Crippen LogP contribution in [0.1, 0.15) is 12.8 Å². The fourth-order valence-electron chi connectivity index (χ4n) is 1.69. The molecule has 0 amide bonds. The van der Waals surface area contributed by atoms with Crippen LogP contribution in [0.4, 0.5) is 11.5 Å². The minimum Gasteiger partial charge on any atom is -0.380 e. The topological polar surface area (TPSA) is 37.0 Å². The molecule has 1 aliphatic heterocycles. The Morgan fingerprint density at radius 1 is 1.46 bits per heavy atom. The number of aromatic nitrogens is 1. The third-order valence-electron chi connectivity index (χ3n) is 2.71. The average molecular weight is 196 g/mol. The molecule has 3 nitrogen and oxygen atoms in total. The van der Waals surface area contributed by atoms with E-state index in [-0.39, 0.29) is 0 Å². The number of fused-ring (bicyclic) bond motifs is 1. The molecule has 1 saturated carbocycles. The summed E-state index contributed by atoms with van der Waals surface area (Å²) in [6.45, 7) is 0.988. The summed E-state index contributed by atoms with van der Waals surface area (Å²) < 4.78 is 0. The molecule has 0 radical (unpaired) electrons. The quantitative estimate of drug-likeness (QED) is 0.666. The van der Waals surface area contributed by atoms with Crippen molar-refractivity contribution in [3.05, 3.63) is 17.3 Å². The molecule has 2 aliphatic rings. The lowest BCUT2D eigenvalue weighted by molar-refractivity contribution is 0.747. The molecule has 2 N–H and O–H groups in total. The zero-order valence-electron chi connectivity index (χ0n) is 7.10. The van der Waals surface area contributed by atoms with Crippen molar-refractivity contribution in [2.75, 3.05) is 17.2 Å². The van der Waals surface area contributed by atoms with E-state index in [1.807, 2.05) is 6.07 Å². The minimum atomic E-state index is 0.299. The van der Waals surface area contributed by atoms with Gasteiger partial charge in [0.1, 0.15) is 5.82 Å². The van der Waals surface area contributed by atoms with Gasteiger partial charge in [-0.15, -0.1) is 0 Å². The Labute approximate surface area is 81.5 Å². The predicted molar refractivity (Wildman–Crippen MR) is 53.3 cm³/mol. The van der Waals surface area contributed by atoms with Crippen LogP contribution in [0.25, 0.3) is 0 Å². The van der Waals surface area contributed by atoms with Crippen LogP contribution in [0.2, 0.25) is 5.02 Å². The van der Waals surface area contributed by atoms with E-state index >= 15 is 0 Å². The maximum Gasteiger partial charge on any atom is 0.149 e. The van der Waals surface area contributed by atoms with Crippen LogP contribution >= 0.6 is 11.6 Å². The fourth-order valence-corrected chi connectivity index (χ4v) is 1.84. The van der Waals surface area contributed by atoms with Gasteiger partial charge in [0, 0.05) is 12.7 Å². The second-order valence-corrected chi connectivity index (χ2v) is 4.25. The van der Waals surface area contributed by atoms with E-state index in [4.69, 9.17) is 11.6 Å². The molecular formula is C9H10ClN3. The smallest absolute Gasteiger partial charge is 0.149 e. The maximum absolute atomic E-state index is 5.83. The van der Waals surface area contributed by atoms with Gasteiger partial charge in [0.25, 0.3) is 0 Å². The van der Waals surface area contributed by atoms with Crippen LogP contribution in [-0.4, -0.2) is 17.1 Å². The third-order valence-corrected chi connectivity index (χ3v) is 2.92. The van der Waals surface area contributed by atoms with Gasteiger partial charge in [0.15, 0.2) is 0 Å². The molecule has 0 bridgehead atoms. The van der Waals surface area contributed by atoms with Gasteiger partial charge in [-0.05, 0) is 18.9 Å². The molecule has 0 aromatic carbocycles. The lowest BCUT2D eigenvalue weighted by atomic mass is 10.2. The van der Waals surface area contributed by atoms with E-state index in [2.05, 4.69) is 15.6 Å². The number of hydrogen-bond donors (Lipinski definition) is 2. The number of nitrogens with zero attached hydrogens (tertiary/aromatic N) is 1. The fraction of sp³-hybridized carbons (Fsp3) is 0.444. The van der Waals surface area contributed by atoms with Gasteiger partial charge in [0.05, 0.1) is 16.2 Å². The van der Waals surface area contributed by atoms with Crippen molar-refractivity contribution in [2.45, 2.75) is 18.4 Å². The summed E-state index contributed by atoms with van der Waals surface area (Å²) in [7, 11) is 0. The van der Waals surface area contributed by atoms with Crippen LogP contribution in [0, 0.1) is 0 Å². The molecular weight excluding hydrogens is 186 g/mol. The maximum atomic E-state index is 5.83. The Morgan fingerprint density at radius 2 is 2.31 bits per heavy atom. The Hall–Kier alpha value is -0.960. The van der Waals surface area contributed by atoms with Crippen LogP contribution < -0.4 is 10.6 Å². The molecule has 2 heterocycles. The van der Waals surface area contributed by atoms with E-state index in [1.54, 1.807) is 6.20 Å². The zero-order chi connectivity index (χ0) is 8.89. The van der Waals surface area contributed by atoms with Crippen molar-refractivity contribution >= 4 is 23.1 Å². The van der Waals surface area contributed by atoms with Gasteiger partial charge in [-0.1, -0.05) is 11.6 Å². The first-order valence-electron chi connectivity index (χ1n) is 4.45. The average Bonchev–Trinajstić information content (AvgIpc) is 2.87. The number of pyridine rings is 1. The Balaban J connectivity index is 2.00. The number of hydrogen-bond acceptors (Lipinski definition) is 3. The summed E-state index contributed by atoms with van der Waals surface area (Å²) in [5.74, 6) is 0.938. The van der Waals surface area contributed by atoms with Crippen molar-refractivity contribution in [2.24, 2.45) is 0 Å². The molecule has 1 aliphatic carbocycles. The Morgan fingerprint density at radius 3 is 3.08 bits per heavy atom. The molecule has 0 atom stereocenters. The Bertz CT molecular complexity index is 360. The summed E-state index contributed by atoms with van der Waals surface area (Å²) in [4.78, 5) is 4.25. The first-order chi connectivity index (χ1) is 6.27. The van der Waals surface area contributed by atoms with Gasteiger partial charge in [-0.3, -0.25) is 0 Å². The number of nitrogens with one attached hydrogen (secondary N) is 2. The number of halogens is 1. The summed E-state index contributed by atoms with van der Waals surface area (Å²) in [6.07, 6.45) is 4.16. The summed E-state index contributed by atoms with van der Waals surface area (Å²) in [6, 6.07) is 1.91. The standard InChI is InChI=1S/C9H10ClN3/c10-6-3-7-8(11-4-6)13-9(1-2-9)5-12-7/h3-4,12H,1-2,5H2,(H,11,13). The van der Waals surface area contributed by atoms with Crippen molar-refractivity contribution in [1.29, 1.82) is 0 Å². The molecule has 3 rings (SSSR count). The highest BCUT2D eigenvalue weighted by atomic mass is 35.5. The molecule has 1 aromatic rings. The van der Waals surface area contributed by atoms with E-state index in [0.29, 0.717) is 10.6 Å². The van der Waals surface area contributed by atoms with Gasteiger partial charge in [-0.25, -0.2) is 4.98 Å². The van der Waals surface area contributed by atoms with Crippen LogP contribution in [-0.2, 0) is 0 Å². The van der Waals surface area contributed by atoms with Crippen molar-refractivity contribution in [1.82, 2.24) is 4.98 Å². The van der Waals surface area contributed by atoms with Gasteiger partial charge >= 0.3 is 0 Å². The molecule has 1 spiro atoms. The first-order valence-corrected chi connectivity index (χ1v) is 4.83. The molecule has 1 aromatic heterocycles. The SMILES string of the molecule is Clc1cnc2c(c1)NCC1(CC1)N2. The highest BCUT2D eigenvalue weighted by Gasteiger charge is 2.45. The van der Waals surface area contributed by atoms with Gasteiger partial charge in [-0.2, -0.15) is 0 Å². The van der Waals surface area contributed by atoms with Gasteiger partial charge < -0.3 is 10.6 Å². The molecule has 0 saturated heterocycles. The number of rotatable bonds is 0. The molecule has 0 unspecified atom stereocenters. The summed E-state index contributed by atoms with van der Waals surface area (Å²) >= 11 is 5.83. The van der Waals surface area contributed by atoms with E-state index < -0.39 is 0 Å². The Kier molecular flexibility index (Phi) is 1.31. The molecule has 1 fully saturated rings. The highest BCUT2D eigenvalue weighted by molar-refractivity contribution is 6.30. The van der Waals surface area contributed by atoms with Crippen molar-refractivity contribution in [3.8, 4) is 0 Å². The molecule has 4 heteroatoms. The van der Waals surface area contributed by atoms with Crippen molar-refractivity contribution < 1.29 is 0 Å². The second kappa shape index (κ2) is 2.29. The second-order valence-electron chi connectivity index (χ2n) is 3.81. The monoisotopic (exact) mass is 195 g/mol. The van der Waals surface area contributed by atoms with Crippen LogP contribution in [0.15, 0.2) is 12.3 Å². The van der Waals surface area contributed by atoms with Crippen molar-refractivity contribution in [3.63, 3.8) is 0 Å². The van der Waals surface area contributed by atoms with E-state index in [1.165, 1.54) is 12.8 Å². The summed E-state index contributed by atoms with van der Waals surface area (Å²) in [5, 5.41) is 7.47. The molecule has 68 valence electrons. The largest absolute Gasteiger partial charge is 0.380 e. The first kappa shape index (κ1) is 7.44. The van der Waals surface area contributed by atoms with E-state index in [9.17, 15) is 0 Å². The van der Waals surface area contributed by atoms with E-state index in [0.717, 1.165) is 18.1 Å². The minimum absolute atomic E-state index is 0.299. The van der Waals surface area contributed by atoms with Crippen LogP contribution in [0.3, 0.4) is 0 Å². The third kappa shape index (κ3) is 1.15. The highest BCUT2D eigenvalue weighted by Crippen LogP contribution is 2.43. The van der Waals surface area contributed by atoms with Gasteiger partial charge in [0.2, 0.25) is 0 Å². The normalized spacial score (nSPS) is 21.6. The number of anilines is 2.